The number of carbonyl (C=O) groups excluding carboxylic acids is 1. The average molecular weight is 282 g/mol. The summed E-state index contributed by atoms with van der Waals surface area (Å²) in [4.78, 5) is 22.7. The molecule has 2 rings (SSSR count). The molecule has 1 fully saturated rings. The van der Waals surface area contributed by atoms with E-state index in [1.54, 1.807) is 12.4 Å². The number of carbonyl (C=O) groups is 1. The van der Waals surface area contributed by atoms with Gasteiger partial charge in [0.1, 0.15) is 0 Å². The number of amides is 1. The summed E-state index contributed by atoms with van der Waals surface area (Å²) < 4.78 is 0. The third-order valence-electron chi connectivity index (χ3n) is 3.42. The van der Waals surface area contributed by atoms with Gasteiger partial charge in [0.25, 0.3) is 0 Å². The van der Waals surface area contributed by atoms with Crippen LogP contribution in [0.5, 0.6) is 0 Å². The number of aromatic nitrogens is 2. The van der Waals surface area contributed by atoms with E-state index in [0.717, 1.165) is 25.1 Å². The molecule has 1 atom stereocenters. The van der Waals surface area contributed by atoms with Crippen molar-refractivity contribution in [1.29, 1.82) is 0 Å². The second kappa shape index (κ2) is 5.45. The molecule has 1 saturated heterocycles. The van der Waals surface area contributed by atoms with Crippen molar-refractivity contribution in [2.24, 2.45) is 5.41 Å². The minimum Gasteiger partial charge on any atom is -0.342 e. The topological polar surface area (TPSA) is 46.1 Å². The van der Waals surface area contributed by atoms with E-state index in [-0.39, 0.29) is 17.2 Å². The Bertz CT molecular complexity index is 470. The molecule has 1 aliphatic heterocycles. The third kappa shape index (κ3) is 3.24. The van der Waals surface area contributed by atoms with Crippen LogP contribution < -0.4 is 0 Å². The first kappa shape index (κ1) is 14.3. The summed E-state index contributed by atoms with van der Waals surface area (Å²) in [5, 5.41) is 0.456. The van der Waals surface area contributed by atoms with E-state index >= 15 is 0 Å². The highest BCUT2D eigenvalue weighted by molar-refractivity contribution is 6.30. The fraction of sp³-hybridized carbons (Fsp3) is 0.643. The van der Waals surface area contributed by atoms with E-state index in [4.69, 9.17) is 11.6 Å². The van der Waals surface area contributed by atoms with E-state index < -0.39 is 0 Å². The third-order valence-corrected chi connectivity index (χ3v) is 3.71. The van der Waals surface area contributed by atoms with Gasteiger partial charge in [0, 0.05) is 36.8 Å². The van der Waals surface area contributed by atoms with Crippen molar-refractivity contribution in [2.75, 3.05) is 13.1 Å². The van der Waals surface area contributed by atoms with Gasteiger partial charge in [-0.25, -0.2) is 4.98 Å². The summed E-state index contributed by atoms with van der Waals surface area (Å²) in [7, 11) is 0. The lowest BCUT2D eigenvalue weighted by Gasteiger charge is -2.36. The molecule has 0 unspecified atom stereocenters. The highest BCUT2D eigenvalue weighted by Gasteiger charge is 2.32. The Hall–Kier alpha value is -1.16. The first-order valence-electron chi connectivity index (χ1n) is 6.65. The Kier molecular flexibility index (Phi) is 4.09. The normalized spacial score (nSPS) is 20.4. The average Bonchev–Trinajstić information content (AvgIpc) is 2.37. The molecule has 0 spiro atoms. The van der Waals surface area contributed by atoms with Gasteiger partial charge in [0.05, 0.1) is 5.69 Å². The molecule has 0 N–H and O–H groups in total. The van der Waals surface area contributed by atoms with Gasteiger partial charge in [0.15, 0.2) is 5.15 Å². The van der Waals surface area contributed by atoms with Crippen LogP contribution in [0.1, 0.15) is 45.2 Å². The molecule has 1 aliphatic rings. The summed E-state index contributed by atoms with van der Waals surface area (Å²) >= 11 is 6.10. The summed E-state index contributed by atoms with van der Waals surface area (Å²) in [5.74, 6) is 0.387. The highest BCUT2D eigenvalue weighted by Crippen LogP contribution is 2.31. The molecule has 2 heterocycles. The number of halogens is 1. The van der Waals surface area contributed by atoms with Crippen molar-refractivity contribution in [1.82, 2.24) is 14.9 Å². The molecule has 1 aromatic heterocycles. The van der Waals surface area contributed by atoms with Crippen molar-refractivity contribution in [3.8, 4) is 0 Å². The summed E-state index contributed by atoms with van der Waals surface area (Å²) in [5.41, 5.74) is 0.476. The molecule has 104 valence electrons. The van der Waals surface area contributed by atoms with E-state index in [0.29, 0.717) is 11.7 Å². The predicted octanol–water partition coefficient (Wildman–Crippen LogP) is 2.88. The van der Waals surface area contributed by atoms with Gasteiger partial charge in [-0.2, -0.15) is 0 Å². The van der Waals surface area contributed by atoms with Gasteiger partial charge < -0.3 is 4.90 Å². The fourth-order valence-corrected chi connectivity index (χ4v) is 2.72. The maximum absolute atomic E-state index is 12.3. The van der Waals surface area contributed by atoms with Crippen molar-refractivity contribution in [3.63, 3.8) is 0 Å². The zero-order chi connectivity index (χ0) is 14.0. The summed E-state index contributed by atoms with van der Waals surface area (Å²) in [6.45, 7) is 7.37. The molecule has 0 aliphatic carbocycles. The Balaban J connectivity index is 2.14. The Morgan fingerprint density at radius 3 is 2.68 bits per heavy atom. The first-order chi connectivity index (χ1) is 8.89. The molecule has 0 radical (unpaired) electrons. The smallest absolute Gasteiger partial charge is 0.227 e. The Morgan fingerprint density at radius 2 is 2.05 bits per heavy atom. The first-order valence-corrected chi connectivity index (χ1v) is 7.03. The zero-order valence-electron chi connectivity index (χ0n) is 11.7. The Morgan fingerprint density at radius 1 is 1.37 bits per heavy atom. The van der Waals surface area contributed by atoms with Crippen molar-refractivity contribution in [3.05, 3.63) is 23.2 Å². The number of rotatable bonds is 1. The summed E-state index contributed by atoms with van der Waals surface area (Å²) in [6.07, 6.45) is 5.24. The van der Waals surface area contributed by atoms with Crippen molar-refractivity contribution in [2.45, 2.75) is 39.5 Å². The maximum atomic E-state index is 12.3. The van der Waals surface area contributed by atoms with Crippen LogP contribution in [0.4, 0.5) is 0 Å². The molecule has 1 amide bonds. The van der Waals surface area contributed by atoms with E-state index in [9.17, 15) is 4.79 Å². The van der Waals surface area contributed by atoms with Crippen LogP contribution in [0.3, 0.4) is 0 Å². The fourth-order valence-electron chi connectivity index (χ4n) is 2.46. The number of hydrogen-bond acceptors (Lipinski definition) is 3. The van der Waals surface area contributed by atoms with Gasteiger partial charge in [-0.1, -0.05) is 32.4 Å². The lowest BCUT2D eigenvalue weighted by atomic mass is 9.90. The van der Waals surface area contributed by atoms with Gasteiger partial charge >= 0.3 is 0 Å². The molecule has 4 nitrogen and oxygen atoms in total. The second-order valence-electron chi connectivity index (χ2n) is 6.07. The lowest BCUT2D eigenvalue weighted by molar-refractivity contribution is -0.140. The van der Waals surface area contributed by atoms with Crippen molar-refractivity contribution >= 4 is 17.5 Å². The largest absolute Gasteiger partial charge is 0.342 e. The highest BCUT2D eigenvalue weighted by atomic mass is 35.5. The molecule has 1 aromatic rings. The minimum atomic E-state index is -0.339. The lowest BCUT2D eigenvalue weighted by Crippen LogP contribution is -2.44. The Labute approximate surface area is 119 Å². The van der Waals surface area contributed by atoms with Crippen LogP contribution in [-0.2, 0) is 4.79 Å². The van der Waals surface area contributed by atoms with E-state index in [2.05, 4.69) is 9.97 Å². The molecule has 0 aromatic carbocycles. The maximum Gasteiger partial charge on any atom is 0.227 e. The molecular weight excluding hydrogens is 262 g/mol. The summed E-state index contributed by atoms with van der Waals surface area (Å²) in [6, 6.07) is 0. The number of nitrogens with zero attached hydrogens (tertiary/aromatic N) is 3. The van der Waals surface area contributed by atoms with Crippen molar-refractivity contribution < 1.29 is 4.79 Å². The SMILES string of the molecule is CC(C)(C)C(=O)N1CCC[C@H](c2nccnc2Cl)C1. The van der Waals surface area contributed by atoms with E-state index in [1.165, 1.54) is 0 Å². The quantitative estimate of drug-likeness (QED) is 0.795. The van der Waals surface area contributed by atoms with E-state index in [1.807, 2.05) is 25.7 Å². The van der Waals surface area contributed by atoms with Gasteiger partial charge in [-0.3, -0.25) is 9.78 Å². The number of likely N-dealkylation sites (tertiary alicyclic amines) is 1. The zero-order valence-corrected chi connectivity index (χ0v) is 12.4. The number of piperidine rings is 1. The van der Waals surface area contributed by atoms with Gasteiger partial charge in [-0.15, -0.1) is 0 Å². The van der Waals surface area contributed by atoms with Gasteiger partial charge in [0.2, 0.25) is 5.91 Å². The van der Waals surface area contributed by atoms with Crippen LogP contribution >= 0.6 is 11.6 Å². The van der Waals surface area contributed by atoms with Crippen LogP contribution in [0.25, 0.3) is 0 Å². The second-order valence-corrected chi connectivity index (χ2v) is 6.43. The van der Waals surface area contributed by atoms with Crippen LogP contribution in [0.15, 0.2) is 12.4 Å². The molecule has 0 saturated carbocycles. The van der Waals surface area contributed by atoms with Gasteiger partial charge in [-0.05, 0) is 12.8 Å². The predicted molar refractivity (Wildman–Crippen MR) is 75.1 cm³/mol. The molecule has 19 heavy (non-hydrogen) atoms. The minimum absolute atomic E-state index is 0.192. The van der Waals surface area contributed by atoms with Crippen LogP contribution in [-0.4, -0.2) is 33.9 Å². The molecular formula is C14H20ClN3O. The monoisotopic (exact) mass is 281 g/mol. The molecule has 0 bridgehead atoms. The van der Waals surface area contributed by atoms with Crippen LogP contribution in [0, 0.1) is 5.41 Å². The number of hydrogen-bond donors (Lipinski definition) is 0. The van der Waals surface area contributed by atoms with Crippen LogP contribution in [0.2, 0.25) is 5.15 Å². The standard InChI is InChI=1S/C14H20ClN3O/c1-14(2,3)13(19)18-8-4-5-10(9-18)11-12(15)17-7-6-16-11/h6-7,10H,4-5,8-9H2,1-3H3/t10-/m0/s1. The molecule has 5 heteroatoms.